The molecule has 1 heterocycles. The van der Waals surface area contributed by atoms with E-state index in [-0.39, 0.29) is 18.4 Å². The van der Waals surface area contributed by atoms with Gasteiger partial charge in [0.25, 0.3) is 11.8 Å². The fraction of sp³-hybridized carbons (Fsp3) is 0.364. The highest BCUT2D eigenvalue weighted by atomic mass is 79.9. The fourth-order valence-corrected chi connectivity index (χ4v) is 3.74. The molecule has 0 spiro atoms. The van der Waals surface area contributed by atoms with Gasteiger partial charge >= 0.3 is 0 Å². The van der Waals surface area contributed by atoms with Crippen LogP contribution in [-0.4, -0.2) is 36.4 Å². The molecule has 0 aliphatic carbocycles. The van der Waals surface area contributed by atoms with Gasteiger partial charge in [-0.2, -0.15) is 0 Å². The third kappa shape index (κ3) is 5.35. The largest absolute Gasteiger partial charge is 0.483 e. The quantitative estimate of drug-likeness (QED) is 0.704. The van der Waals surface area contributed by atoms with Gasteiger partial charge in [0, 0.05) is 24.3 Å². The average molecular weight is 445 g/mol. The Morgan fingerprint density at radius 2 is 1.79 bits per heavy atom. The molecule has 2 amide bonds. The zero-order valence-corrected chi connectivity index (χ0v) is 17.6. The first-order valence-corrected chi connectivity index (χ1v) is 10.5. The summed E-state index contributed by atoms with van der Waals surface area (Å²) >= 11 is 3.47. The molecule has 3 rings (SSSR count). The lowest BCUT2D eigenvalue weighted by atomic mass is 10.1. The molecule has 5 nitrogen and oxygen atoms in total. The van der Waals surface area contributed by atoms with Gasteiger partial charge < -0.3 is 15.0 Å². The lowest BCUT2D eigenvalue weighted by Gasteiger charge is -2.26. The maximum atomic E-state index is 12.5. The van der Waals surface area contributed by atoms with Crippen LogP contribution >= 0.6 is 15.9 Å². The number of benzene rings is 2. The van der Waals surface area contributed by atoms with Crippen LogP contribution in [-0.2, 0) is 11.2 Å². The molecule has 2 aromatic rings. The zero-order valence-electron chi connectivity index (χ0n) is 16.0. The first-order valence-electron chi connectivity index (χ1n) is 9.67. The SMILES string of the molecule is CCc1ccc(OCC(=O)Nc2ccc(C(=O)N3CCCCC3)cc2)c(Br)c1. The number of hydrogen-bond donors (Lipinski definition) is 1. The van der Waals surface area contributed by atoms with Gasteiger partial charge in [0.15, 0.2) is 6.61 Å². The number of halogens is 1. The molecule has 1 aliphatic rings. The van der Waals surface area contributed by atoms with Gasteiger partial charge in [0.2, 0.25) is 0 Å². The molecule has 0 radical (unpaired) electrons. The average Bonchev–Trinajstić information content (AvgIpc) is 2.73. The van der Waals surface area contributed by atoms with Crippen LogP contribution in [0.25, 0.3) is 0 Å². The van der Waals surface area contributed by atoms with Crippen molar-refractivity contribution in [2.24, 2.45) is 0 Å². The predicted molar refractivity (Wildman–Crippen MR) is 114 cm³/mol. The van der Waals surface area contributed by atoms with E-state index >= 15 is 0 Å². The number of rotatable bonds is 6. The molecular formula is C22H25BrN2O3. The number of nitrogens with one attached hydrogen (secondary N) is 1. The van der Waals surface area contributed by atoms with Crippen LogP contribution in [0.3, 0.4) is 0 Å². The van der Waals surface area contributed by atoms with Gasteiger partial charge in [-0.15, -0.1) is 0 Å². The van der Waals surface area contributed by atoms with Crippen LogP contribution in [0.15, 0.2) is 46.9 Å². The minimum atomic E-state index is -0.249. The summed E-state index contributed by atoms with van der Waals surface area (Å²) in [6.07, 6.45) is 4.26. The summed E-state index contributed by atoms with van der Waals surface area (Å²) in [4.78, 5) is 26.5. The van der Waals surface area contributed by atoms with Gasteiger partial charge in [-0.1, -0.05) is 13.0 Å². The summed E-state index contributed by atoms with van der Waals surface area (Å²) in [6, 6.07) is 12.8. The summed E-state index contributed by atoms with van der Waals surface area (Å²) in [6.45, 7) is 3.65. The molecule has 1 saturated heterocycles. The van der Waals surface area contributed by atoms with Crippen LogP contribution in [0.5, 0.6) is 5.75 Å². The summed E-state index contributed by atoms with van der Waals surface area (Å²) in [5.41, 5.74) is 2.49. The van der Waals surface area contributed by atoms with Gasteiger partial charge in [0.05, 0.1) is 4.47 Å². The number of carbonyl (C=O) groups is 2. The van der Waals surface area contributed by atoms with Crippen LogP contribution in [0, 0.1) is 0 Å². The summed E-state index contributed by atoms with van der Waals surface area (Å²) < 4.78 is 6.43. The minimum absolute atomic E-state index is 0.0567. The number of amides is 2. The van der Waals surface area contributed by atoms with E-state index in [9.17, 15) is 9.59 Å². The van der Waals surface area contributed by atoms with Crippen molar-refractivity contribution in [1.29, 1.82) is 0 Å². The number of nitrogens with zero attached hydrogens (tertiary/aromatic N) is 1. The van der Waals surface area contributed by atoms with Crippen LogP contribution in [0.2, 0.25) is 0 Å². The van der Waals surface area contributed by atoms with Crippen molar-refractivity contribution >= 4 is 33.4 Å². The number of hydrogen-bond acceptors (Lipinski definition) is 3. The second-order valence-corrected chi connectivity index (χ2v) is 7.74. The maximum Gasteiger partial charge on any atom is 0.262 e. The smallest absolute Gasteiger partial charge is 0.262 e. The second-order valence-electron chi connectivity index (χ2n) is 6.89. The van der Waals surface area contributed by atoms with Gasteiger partial charge in [-0.05, 0) is 83.6 Å². The highest BCUT2D eigenvalue weighted by Crippen LogP contribution is 2.26. The summed E-state index contributed by atoms with van der Waals surface area (Å²) in [5.74, 6) is 0.442. The fourth-order valence-electron chi connectivity index (χ4n) is 3.20. The molecule has 1 N–H and O–H groups in total. The van der Waals surface area contributed by atoms with Gasteiger partial charge in [-0.3, -0.25) is 9.59 Å². The Bertz CT molecular complexity index is 830. The van der Waals surface area contributed by atoms with Crippen molar-refractivity contribution in [2.45, 2.75) is 32.6 Å². The standard InChI is InChI=1S/C22H25BrN2O3/c1-2-16-6-11-20(19(23)14-16)28-15-21(26)24-18-9-7-17(8-10-18)22(27)25-12-4-3-5-13-25/h6-11,14H,2-5,12-13,15H2,1H3,(H,24,26). The molecule has 6 heteroatoms. The predicted octanol–water partition coefficient (Wildman–Crippen LogP) is 4.66. The van der Waals surface area contributed by atoms with Gasteiger partial charge in [-0.25, -0.2) is 0 Å². The van der Waals surface area contributed by atoms with Crippen LogP contribution in [0.4, 0.5) is 5.69 Å². The number of piperidine rings is 1. The molecule has 0 saturated carbocycles. The van der Waals surface area contributed by atoms with Crippen molar-refractivity contribution in [1.82, 2.24) is 4.90 Å². The van der Waals surface area contributed by atoms with E-state index in [0.29, 0.717) is 17.0 Å². The molecule has 148 valence electrons. The van der Waals surface area contributed by atoms with Crippen molar-refractivity contribution in [2.75, 3.05) is 25.0 Å². The number of likely N-dealkylation sites (tertiary alicyclic amines) is 1. The zero-order chi connectivity index (χ0) is 19.9. The Hall–Kier alpha value is -2.34. The monoisotopic (exact) mass is 444 g/mol. The number of aryl methyl sites for hydroxylation is 1. The highest BCUT2D eigenvalue weighted by molar-refractivity contribution is 9.10. The lowest BCUT2D eigenvalue weighted by Crippen LogP contribution is -2.35. The Kier molecular flexibility index (Phi) is 7.09. The van der Waals surface area contributed by atoms with E-state index in [2.05, 4.69) is 28.2 Å². The lowest BCUT2D eigenvalue weighted by molar-refractivity contribution is -0.118. The molecular weight excluding hydrogens is 420 g/mol. The summed E-state index contributed by atoms with van der Waals surface area (Å²) in [5, 5.41) is 2.80. The van der Waals surface area contributed by atoms with E-state index in [1.807, 2.05) is 23.1 Å². The maximum absolute atomic E-state index is 12.5. The molecule has 28 heavy (non-hydrogen) atoms. The number of carbonyl (C=O) groups excluding carboxylic acids is 2. The van der Waals surface area contributed by atoms with Crippen molar-refractivity contribution in [3.8, 4) is 5.75 Å². The van der Waals surface area contributed by atoms with Crippen LogP contribution < -0.4 is 10.1 Å². The molecule has 0 bridgehead atoms. The Morgan fingerprint density at radius 3 is 2.43 bits per heavy atom. The van der Waals surface area contributed by atoms with Crippen molar-refractivity contribution in [3.05, 3.63) is 58.1 Å². The van der Waals surface area contributed by atoms with E-state index in [1.54, 1.807) is 24.3 Å². The van der Waals surface area contributed by atoms with E-state index in [1.165, 1.54) is 12.0 Å². The number of ether oxygens (including phenoxy) is 1. The van der Waals surface area contributed by atoms with E-state index < -0.39 is 0 Å². The second kappa shape index (κ2) is 9.73. The van der Waals surface area contributed by atoms with Crippen LogP contribution in [0.1, 0.15) is 42.1 Å². The van der Waals surface area contributed by atoms with Crippen molar-refractivity contribution in [3.63, 3.8) is 0 Å². The molecule has 0 atom stereocenters. The Labute approximate surface area is 174 Å². The Balaban J connectivity index is 1.52. The topological polar surface area (TPSA) is 58.6 Å². The first-order chi connectivity index (χ1) is 13.6. The molecule has 0 unspecified atom stereocenters. The normalized spacial score (nSPS) is 13.9. The molecule has 2 aromatic carbocycles. The molecule has 0 aromatic heterocycles. The third-order valence-electron chi connectivity index (χ3n) is 4.82. The highest BCUT2D eigenvalue weighted by Gasteiger charge is 2.18. The van der Waals surface area contributed by atoms with E-state index in [4.69, 9.17) is 4.74 Å². The summed E-state index contributed by atoms with van der Waals surface area (Å²) in [7, 11) is 0. The Morgan fingerprint density at radius 1 is 1.07 bits per heavy atom. The minimum Gasteiger partial charge on any atom is -0.483 e. The number of anilines is 1. The molecule has 1 aliphatic heterocycles. The molecule has 1 fully saturated rings. The first kappa shape index (κ1) is 20.4. The van der Waals surface area contributed by atoms with Gasteiger partial charge in [0.1, 0.15) is 5.75 Å². The third-order valence-corrected chi connectivity index (χ3v) is 5.44. The van der Waals surface area contributed by atoms with Crippen molar-refractivity contribution < 1.29 is 14.3 Å². The van der Waals surface area contributed by atoms with E-state index in [0.717, 1.165) is 36.8 Å².